The van der Waals surface area contributed by atoms with Crippen LogP contribution in [-0.2, 0) is 36.8 Å². The molecule has 3 amide bonds. The maximum atomic E-state index is 12.8. The Kier molecular flexibility index (Phi) is 10.4. The molecule has 3 atom stereocenters. The Bertz CT molecular complexity index is 1060. The van der Waals surface area contributed by atoms with Crippen molar-refractivity contribution < 1.29 is 39.3 Å². The van der Waals surface area contributed by atoms with Gasteiger partial charge in [0.1, 0.15) is 17.8 Å². The van der Waals surface area contributed by atoms with E-state index in [1.807, 2.05) is 0 Å². The number of aromatic amines is 1. The molecule has 0 aliphatic rings. The van der Waals surface area contributed by atoms with Crippen molar-refractivity contribution in [2.75, 3.05) is 6.54 Å². The zero-order chi connectivity index (χ0) is 26.7. The first kappa shape index (κ1) is 27.8. The van der Waals surface area contributed by atoms with Crippen LogP contribution in [0.3, 0.4) is 0 Å². The molecule has 0 aliphatic carbocycles. The summed E-state index contributed by atoms with van der Waals surface area (Å²) in [6.07, 6.45) is 2.18. The zero-order valence-electron chi connectivity index (χ0n) is 19.1. The van der Waals surface area contributed by atoms with E-state index in [-0.39, 0.29) is 25.0 Å². The van der Waals surface area contributed by atoms with Gasteiger partial charge in [-0.1, -0.05) is 12.1 Å². The molecule has 2 rings (SSSR count). The Labute approximate surface area is 205 Å². The summed E-state index contributed by atoms with van der Waals surface area (Å²) in [5, 5.41) is 34.2. The van der Waals surface area contributed by atoms with Crippen LogP contribution in [0.25, 0.3) is 0 Å². The number of hydrogen-bond donors (Lipinski definition) is 8. The molecule has 1 aromatic carbocycles. The molecule has 0 aliphatic heterocycles. The van der Waals surface area contributed by atoms with Gasteiger partial charge in [-0.2, -0.15) is 0 Å². The SMILES string of the molecule is NC(Cc1ccc(O)cc1)C(=O)NC(Cc1cnc[nH]1)C(=O)NCC(=O)NC(CCC(=O)O)C(=O)O. The number of amides is 3. The van der Waals surface area contributed by atoms with Gasteiger partial charge in [-0.15, -0.1) is 0 Å². The molecule has 0 spiro atoms. The average molecular weight is 505 g/mol. The van der Waals surface area contributed by atoms with Gasteiger partial charge in [-0.25, -0.2) is 9.78 Å². The van der Waals surface area contributed by atoms with E-state index in [1.54, 1.807) is 12.1 Å². The van der Waals surface area contributed by atoms with E-state index < -0.39 is 60.8 Å². The van der Waals surface area contributed by atoms with Crippen LogP contribution in [0.4, 0.5) is 0 Å². The molecule has 194 valence electrons. The van der Waals surface area contributed by atoms with Gasteiger partial charge in [0, 0.05) is 24.7 Å². The lowest BCUT2D eigenvalue weighted by Gasteiger charge is -2.21. The van der Waals surface area contributed by atoms with Gasteiger partial charge in [0.2, 0.25) is 17.7 Å². The largest absolute Gasteiger partial charge is 0.508 e. The molecule has 9 N–H and O–H groups in total. The molecule has 1 heterocycles. The van der Waals surface area contributed by atoms with E-state index in [9.17, 15) is 29.1 Å². The second-order valence-electron chi connectivity index (χ2n) is 7.93. The number of rotatable bonds is 14. The number of nitrogens with zero attached hydrogens (tertiary/aromatic N) is 1. The predicted molar refractivity (Wildman–Crippen MR) is 123 cm³/mol. The van der Waals surface area contributed by atoms with Crippen LogP contribution >= 0.6 is 0 Å². The fourth-order valence-electron chi connectivity index (χ4n) is 3.14. The Morgan fingerprint density at radius 1 is 0.972 bits per heavy atom. The second kappa shape index (κ2) is 13.4. The standard InChI is InChI=1S/C22H28N6O8/c23-15(7-12-1-3-14(29)4-2-12)20(33)28-17(8-13-9-24-11-26-13)21(34)25-10-18(30)27-16(22(35)36)5-6-19(31)32/h1-4,9,11,15-17,29H,5-8,10,23H2,(H,24,26)(H,25,34)(H,27,30)(H,28,33)(H,31,32)(H,35,36). The van der Waals surface area contributed by atoms with Crippen molar-refractivity contribution in [3.63, 3.8) is 0 Å². The van der Waals surface area contributed by atoms with Gasteiger partial charge in [0.15, 0.2) is 0 Å². The van der Waals surface area contributed by atoms with Gasteiger partial charge >= 0.3 is 11.9 Å². The van der Waals surface area contributed by atoms with Crippen LogP contribution in [0.1, 0.15) is 24.1 Å². The van der Waals surface area contributed by atoms with Crippen LogP contribution < -0.4 is 21.7 Å². The molecule has 36 heavy (non-hydrogen) atoms. The molecule has 0 radical (unpaired) electrons. The minimum Gasteiger partial charge on any atom is -0.508 e. The number of aromatic nitrogens is 2. The molecule has 0 bridgehead atoms. The first-order valence-electron chi connectivity index (χ1n) is 10.9. The zero-order valence-corrected chi connectivity index (χ0v) is 19.1. The number of nitrogens with two attached hydrogens (primary N) is 1. The Morgan fingerprint density at radius 3 is 2.25 bits per heavy atom. The monoisotopic (exact) mass is 504 g/mol. The fraction of sp³-hybridized carbons (Fsp3) is 0.364. The number of carboxylic acid groups (broad SMARTS) is 2. The summed E-state index contributed by atoms with van der Waals surface area (Å²) in [5.41, 5.74) is 7.19. The lowest BCUT2D eigenvalue weighted by atomic mass is 10.0. The molecule has 14 nitrogen and oxygen atoms in total. The highest BCUT2D eigenvalue weighted by Gasteiger charge is 2.26. The third kappa shape index (κ3) is 9.42. The number of carboxylic acids is 2. The number of carbonyl (C=O) groups is 5. The summed E-state index contributed by atoms with van der Waals surface area (Å²) in [6.45, 7) is -0.607. The van der Waals surface area contributed by atoms with Gasteiger partial charge < -0.3 is 42.0 Å². The number of benzene rings is 1. The summed E-state index contributed by atoms with van der Waals surface area (Å²) in [7, 11) is 0. The van der Waals surface area contributed by atoms with E-state index >= 15 is 0 Å². The van der Waals surface area contributed by atoms with E-state index in [2.05, 4.69) is 25.9 Å². The lowest BCUT2D eigenvalue weighted by Crippen LogP contribution is -2.54. The lowest BCUT2D eigenvalue weighted by molar-refractivity contribution is -0.143. The number of phenols is 1. The molecule has 0 saturated carbocycles. The Hall–Kier alpha value is -4.46. The highest BCUT2D eigenvalue weighted by Crippen LogP contribution is 2.11. The number of aliphatic carboxylic acids is 2. The third-order valence-corrected chi connectivity index (χ3v) is 5.04. The second-order valence-corrected chi connectivity index (χ2v) is 7.93. The first-order chi connectivity index (χ1) is 17.0. The maximum absolute atomic E-state index is 12.8. The number of phenolic OH excluding ortho intramolecular Hbond substituents is 1. The quantitative estimate of drug-likeness (QED) is 0.144. The number of imidazole rings is 1. The number of hydrogen-bond acceptors (Lipinski definition) is 8. The summed E-state index contributed by atoms with van der Waals surface area (Å²) >= 11 is 0. The van der Waals surface area contributed by atoms with Crippen LogP contribution in [0.2, 0.25) is 0 Å². The molecule has 3 unspecified atom stereocenters. The average Bonchev–Trinajstić information content (AvgIpc) is 3.34. The molecule has 0 fully saturated rings. The predicted octanol–water partition coefficient (Wildman–Crippen LogP) is -1.74. The fourth-order valence-corrected chi connectivity index (χ4v) is 3.14. The van der Waals surface area contributed by atoms with Gasteiger partial charge in [0.05, 0.1) is 18.9 Å². The number of carbonyl (C=O) groups excluding carboxylic acids is 3. The van der Waals surface area contributed by atoms with Crippen LogP contribution in [0.15, 0.2) is 36.8 Å². The van der Waals surface area contributed by atoms with Crippen molar-refractivity contribution in [1.29, 1.82) is 0 Å². The van der Waals surface area contributed by atoms with Crippen molar-refractivity contribution in [3.05, 3.63) is 48.0 Å². The first-order valence-corrected chi connectivity index (χ1v) is 10.9. The van der Waals surface area contributed by atoms with E-state index in [0.717, 1.165) is 0 Å². The van der Waals surface area contributed by atoms with E-state index in [1.165, 1.54) is 24.7 Å². The van der Waals surface area contributed by atoms with Gasteiger partial charge in [-0.3, -0.25) is 19.2 Å². The van der Waals surface area contributed by atoms with Crippen LogP contribution in [-0.4, -0.2) is 79.6 Å². The Morgan fingerprint density at radius 2 is 1.67 bits per heavy atom. The van der Waals surface area contributed by atoms with Crippen LogP contribution in [0, 0.1) is 0 Å². The topological polar surface area (TPSA) is 237 Å². The molecular formula is C22H28N6O8. The third-order valence-electron chi connectivity index (χ3n) is 5.04. The number of aromatic hydroxyl groups is 1. The Balaban J connectivity index is 1.97. The van der Waals surface area contributed by atoms with Crippen molar-refractivity contribution in [1.82, 2.24) is 25.9 Å². The molecule has 14 heteroatoms. The van der Waals surface area contributed by atoms with Crippen molar-refractivity contribution in [3.8, 4) is 5.75 Å². The minimum absolute atomic E-state index is 0.00147. The number of H-pyrrole nitrogens is 1. The summed E-state index contributed by atoms with van der Waals surface area (Å²) in [4.78, 5) is 66.1. The summed E-state index contributed by atoms with van der Waals surface area (Å²) in [5.74, 6) is -4.78. The molecule has 0 saturated heterocycles. The maximum Gasteiger partial charge on any atom is 0.326 e. The summed E-state index contributed by atoms with van der Waals surface area (Å²) in [6, 6.07) is 2.53. The van der Waals surface area contributed by atoms with Crippen molar-refractivity contribution in [2.24, 2.45) is 5.73 Å². The smallest absolute Gasteiger partial charge is 0.326 e. The van der Waals surface area contributed by atoms with Gasteiger partial charge in [-0.05, 0) is 30.5 Å². The number of nitrogens with one attached hydrogen (secondary N) is 4. The highest BCUT2D eigenvalue weighted by atomic mass is 16.4. The van der Waals surface area contributed by atoms with Gasteiger partial charge in [0.25, 0.3) is 0 Å². The van der Waals surface area contributed by atoms with Crippen molar-refractivity contribution in [2.45, 2.75) is 43.8 Å². The molecular weight excluding hydrogens is 476 g/mol. The van der Waals surface area contributed by atoms with Crippen molar-refractivity contribution >= 4 is 29.7 Å². The normalized spacial score (nSPS) is 13.1. The summed E-state index contributed by atoms with van der Waals surface area (Å²) < 4.78 is 0. The highest BCUT2D eigenvalue weighted by molar-refractivity contribution is 5.92. The molecule has 1 aromatic heterocycles. The van der Waals surface area contributed by atoms with E-state index in [4.69, 9.17) is 15.9 Å². The van der Waals surface area contributed by atoms with E-state index in [0.29, 0.717) is 11.3 Å². The molecule has 2 aromatic rings. The minimum atomic E-state index is -1.44. The van der Waals surface area contributed by atoms with Crippen LogP contribution in [0.5, 0.6) is 5.75 Å².